The van der Waals surface area contributed by atoms with Crippen LogP contribution in [-0.2, 0) is 0 Å². The fourth-order valence-corrected chi connectivity index (χ4v) is 7.42. The quantitative estimate of drug-likeness (QED) is 0.179. The van der Waals surface area contributed by atoms with Crippen LogP contribution in [0.4, 0.5) is 17.1 Å². The Bertz CT molecular complexity index is 2850. The molecule has 3 nitrogen and oxygen atoms in total. The van der Waals surface area contributed by atoms with E-state index in [1.165, 1.54) is 16.7 Å². The molecule has 8 aromatic carbocycles. The van der Waals surface area contributed by atoms with E-state index in [1.807, 2.05) is 18.2 Å². The van der Waals surface area contributed by atoms with Gasteiger partial charge in [0.25, 0.3) is 0 Å². The van der Waals surface area contributed by atoms with Crippen molar-refractivity contribution < 1.29 is 8.83 Å². The average molecular weight is 654 g/mol. The molecule has 0 spiro atoms. The van der Waals surface area contributed by atoms with Crippen molar-refractivity contribution in [3.63, 3.8) is 0 Å². The van der Waals surface area contributed by atoms with E-state index in [0.29, 0.717) is 0 Å². The first kappa shape index (κ1) is 29.1. The lowest BCUT2D eigenvalue weighted by Crippen LogP contribution is -2.10. The van der Waals surface area contributed by atoms with E-state index >= 15 is 0 Å². The minimum absolute atomic E-state index is 0.840. The van der Waals surface area contributed by atoms with Crippen LogP contribution in [-0.4, -0.2) is 0 Å². The molecule has 2 aromatic heterocycles. The zero-order chi connectivity index (χ0) is 33.7. The lowest BCUT2D eigenvalue weighted by Gasteiger charge is -2.26. The van der Waals surface area contributed by atoms with Crippen molar-refractivity contribution in [3.8, 4) is 33.4 Å². The Morgan fingerprint density at radius 2 is 0.882 bits per heavy atom. The molecule has 0 radical (unpaired) electrons. The molecule has 0 amide bonds. The predicted octanol–water partition coefficient (Wildman–Crippen LogP) is 14.0. The second-order valence-electron chi connectivity index (χ2n) is 12.9. The maximum Gasteiger partial charge on any atom is 0.159 e. The molecule has 0 saturated carbocycles. The van der Waals surface area contributed by atoms with Gasteiger partial charge in [-0.15, -0.1) is 0 Å². The Morgan fingerprint density at radius 1 is 0.314 bits per heavy atom. The molecule has 2 heterocycles. The van der Waals surface area contributed by atoms with Gasteiger partial charge >= 0.3 is 0 Å². The van der Waals surface area contributed by atoms with Crippen LogP contribution in [0.5, 0.6) is 0 Å². The van der Waals surface area contributed by atoms with Crippen molar-refractivity contribution in [1.82, 2.24) is 0 Å². The third kappa shape index (κ3) is 4.98. The molecule has 0 atom stereocenters. The Labute approximate surface area is 295 Å². The van der Waals surface area contributed by atoms with Crippen LogP contribution in [0, 0.1) is 0 Å². The number of benzene rings is 8. The maximum atomic E-state index is 6.92. The lowest BCUT2D eigenvalue weighted by molar-refractivity contribution is 0.669. The molecule has 51 heavy (non-hydrogen) atoms. The van der Waals surface area contributed by atoms with Crippen LogP contribution in [0.15, 0.2) is 197 Å². The molecule has 0 saturated heterocycles. The van der Waals surface area contributed by atoms with Crippen LogP contribution >= 0.6 is 0 Å². The van der Waals surface area contributed by atoms with Crippen LogP contribution in [0.2, 0.25) is 0 Å². The number of fused-ring (bicyclic) bond motifs is 6. The topological polar surface area (TPSA) is 29.5 Å². The van der Waals surface area contributed by atoms with E-state index < -0.39 is 0 Å². The second-order valence-corrected chi connectivity index (χ2v) is 12.9. The molecule has 0 aliphatic carbocycles. The summed E-state index contributed by atoms with van der Waals surface area (Å²) in [6.45, 7) is 0. The zero-order valence-corrected chi connectivity index (χ0v) is 27.7. The highest BCUT2D eigenvalue weighted by atomic mass is 16.3. The minimum atomic E-state index is 0.840. The van der Waals surface area contributed by atoms with Gasteiger partial charge in [-0.2, -0.15) is 0 Å². The summed E-state index contributed by atoms with van der Waals surface area (Å²) in [4.78, 5) is 2.30. The van der Waals surface area contributed by atoms with Crippen molar-refractivity contribution in [2.75, 3.05) is 4.90 Å². The van der Waals surface area contributed by atoms with Crippen LogP contribution in [0.1, 0.15) is 0 Å². The summed E-state index contributed by atoms with van der Waals surface area (Å²) in [6.07, 6.45) is 0. The largest absolute Gasteiger partial charge is 0.456 e. The van der Waals surface area contributed by atoms with E-state index in [9.17, 15) is 0 Å². The summed E-state index contributed by atoms with van der Waals surface area (Å²) in [7, 11) is 0. The number of hydrogen-bond acceptors (Lipinski definition) is 3. The molecule has 0 bridgehead atoms. The Hall–Kier alpha value is -6.84. The summed E-state index contributed by atoms with van der Waals surface area (Å²) >= 11 is 0. The van der Waals surface area contributed by atoms with Gasteiger partial charge in [0, 0.05) is 38.5 Å². The van der Waals surface area contributed by atoms with E-state index in [1.54, 1.807) is 0 Å². The second kappa shape index (κ2) is 11.9. The van der Waals surface area contributed by atoms with Gasteiger partial charge in [0.1, 0.15) is 16.7 Å². The van der Waals surface area contributed by atoms with Crippen molar-refractivity contribution in [2.45, 2.75) is 0 Å². The van der Waals surface area contributed by atoms with Gasteiger partial charge in [0.2, 0.25) is 0 Å². The van der Waals surface area contributed by atoms with Gasteiger partial charge in [0.15, 0.2) is 5.58 Å². The SMILES string of the molecule is c1ccc(-c2cccc(-c3ccc(N(c4ccc5oc6ccccc6c5c4)c4cccc5c4oc4c(-c6ccccc6)cccc45)cc3)c2)cc1. The summed E-state index contributed by atoms with van der Waals surface area (Å²) in [6, 6.07) is 66.1. The Balaban J connectivity index is 1.16. The monoisotopic (exact) mass is 653 g/mol. The van der Waals surface area contributed by atoms with Gasteiger partial charge in [-0.25, -0.2) is 0 Å². The molecular formula is C48H31NO2. The van der Waals surface area contributed by atoms with Crippen molar-refractivity contribution in [2.24, 2.45) is 0 Å². The fraction of sp³-hybridized carbons (Fsp3) is 0. The highest BCUT2D eigenvalue weighted by Gasteiger charge is 2.22. The van der Waals surface area contributed by atoms with E-state index in [4.69, 9.17) is 8.83 Å². The van der Waals surface area contributed by atoms with E-state index in [-0.39, 0.29) is 0 Å². The van der Waals surface area contributed by atoms with E-state index in [0.717, 1.165) is 77.6 Å². The first-order valence-corrected chi connectivity index (χ1v) is 17.3. The molecule has 0 aliphatic heterocycles. The normalized spacial score (nSPS) is 11.5. The number of furan rings is 2. The molecule has 3 heteroatoms. The van der Waals surface area contributed by atoms with Crippen LogP contribution in [0.25, 0.3) is 77.3 Å². The molecule has 10 aromatic rings. The highest BCUT2D eigenvalue weighted by molar-refractivity contribution is 6.14. The number of rotatable bonds is 6. The van der Waals surface area contributed by atoms with Gasteiger partial charge in [0.05, 0.1) is 5.69 Å². The third-order valence-electron chi connectivity index (χ3n) is 9.88. The van der Waals surface area contributed by atoms with Gasteiger partial charge in [-0.05, 0) is 76.3 Å². The number of nitrogens with zero attached hydrogens (tertiary/aromatic N) is 1. The maximum absolute atomic E-state index is 6.92. The molecule has 240 valence electrons. The summed E-state index contributed by atoms with van der Waals surface area (Å²) in [5, 5.41) is 4.34. The van der Waals surface area contributed by atoms with Gasteiger partial charge < -0.3 is 13.7 Å². The minimum Gasteiger partial charge on any atom is -0.456 e. The standard InChI is InChI=1S/C48H31NO2/c1-3-12-32(13-4-1)35-16-9-17-36(30-35)33-24-26-37(27-25-33)49(38-28-29-46-43(31-38)40-18-7-8-23-45(40)50-46)44-22-11-21-42-41-20-10-19-39(47(41)51-48(42)44)34-14-5-2-6-15-34/h1-31H. The average Bonchev–Trinajstić information content (AvgIpc) is 3.78. The third-order valence-corrected chi connectivity index (χ3v) is 9.88. The summed E-state index contributed by atoms with van der Waals surface area (Å²) < 4.78 is 13.2. The lowest BCUT2D eigenvalue weighted by atomic mass is 9.99. The summed E-state index contributed by atoms with van der Waals surface area (Å²) in [5.41, 5.74) is 13.4. The van der Waals surface area contributed by atoms with Crippen LogP contribution < -0.4 is 4.90 Å². The molecular weight excluding hydrogens is 623 g/mol. The Morgan fingerprint density at radius 3 is 1.67 bits per heavy atom. The molecule has 10 rings (SSSR count). The number of anilines is 3. The van der Waals surface area contributed by atoms with Crippen molar-refractivity contribution in [1.29, 1.82) is 0 Å². The number of para-hydroxylation sites is 3. The first-order chi connectivity index (χ1) is 25.3. The first-order valence-electron chi connectivity index (χ1n) is 17.3. The van der Waals surface area contributed by atoms with Gasteiger partial charge in [-0.1, -0.05) is 140 Å². The molecule has 0 fully saturated rings. The molecule has 0 unspecified atom stereocenters. The van der Waals surface area contributed by atoms with Crippen molar-refractivity contribution >= 4 is 60.9 Å². The Kier molecular flexibility index (Phi) is 6.81. The summed E-state index contributed by atoms with van der Waals surface area (Å²) in [5.74, 6) is 0. The van der Waals surface area contributed by atoms with Gasteiger partial charge in [-0.3, -0.25) is 0 Å². The molecule has 0 N–H and O–H groups in total. The zero-order valence-electron chi connectivity index (χ0n) is 27.7. The predicted molar refractivity (Wildman–Crippen MR) is 212 cm³/mol. The fourth-order valence-electron chi connectivity index (χ4n) is 7.42. The number of hydrogen-bond donors (Lipinski definition) is 0. The van der Waals surface area contributed by atoms with E-state index in [2.05, 4.69) is 175 Å². The van der Waals surface area contributed by atoms with Crippen LogP contribution in [0.3, 0.4) is 0 Å². The highest BCUT2D eigenvalue weighted by Crippen LogP contribution is 2.45. The molecule has 0 aliphatic rings. The smallest absolute Gasteiger partial charge is 0.159 e. The van der Waals surface area contributed by atoms with Crippen molar-refractivity contribution in [3.05, 3.63) is 188 Å².